The summed E-state index contributed by atoms with van der Waals surface area (Å²) in [5, 5.41) is 14.5. The smallest absolute Gasteiger partial charge is 0.234 e. The van der Waals surface area contributed by atoms with Crippen LogP contribution in [0, 0.1) is 16.7 Å². The molecule has 1 aliphatic carbocycles. The van der Waals surface area contributed by atoms with Gasteiger partial charge in [0.25, 0.3) is 0 Å². The van der Waals surface area contributed by atoms with E-state index in [0.29, 0.717) is 13.0 Å². The largest absolute Gasteiger partial charge is 0.353 e. The minimum absolute atomic E-state index is 0.0257. The van der Waals surface area contributed by atoms with E-state index in [1.54, 1.807) is 0 Å². The molecule has 0 heterocycles. The van der Waals surface area contributed by atoms with Gasteiger partial charge < -0.3 is 10.6 Å². The number of amides is 1. The molecule has 0 bridgehead atoms. The zero-order valence-electron chi connectivity index (χ0n) is 9.47. The van der Waals surface area contributed by atoms with Crippen LogP contribution in [0.1, 0.15) is 33.1 Å². The van der Waals surface area contributed by atoms with Crippen LogP contribution in [-0.2, 0) is 4.79 Å². The molecule has 4 heteroatoms. The third-order valence-electron chi connectivity index (χ3n) is 2.65. The van der Waals surface area contributed by atoms with Gasteiger partial charge in [0.2, 0.25) is 5.91 Å². The van der Waals surface area contributed by atoms with Crippen LogP contribution in [-0.4, -0.2) is 25.0 Å². The molecule has 1 aliphatic rings. The van der Waals surface area contributed by atoms with E-state index >= 15 is 0 Å². The summed E-state index contributed by atoms with van der Waals surface area (Å²) < 4.78 is 0. The van der Waals surface area contributed by atoms with E-state index in [1.807, 2.05) is 13.8 Å². The molecule has 0 aliphatic heterocycles. The van der Waals surface area contributed by atoms with E-state index in [1.165, 1.54) is 0 Å². The summed E-state index contributed by atoms with van der Waals surface area (Å²) >= 11 is 0. The van der Waals surface area contributed by atoms with E-state index in [0.717, 1.165) is 19.4 Å². The van der Waals surface area contributed by atoms with E-state index in [-0.39, 0.29) is 17.4 Å². The fraction of sp³-hybridized carbons (Fsp3) is 0.818. The monoisotopic (exact) mass is 209 g/mol. The van der Waals surface area contributed by atoms with E-state index in [4.69, 9.17) is 5.26 Å². The zero-order chi connectivity index (χ0) is 11.3. The SMILES string of the molecule is CC(C)NC(=O)CNCC1(CC#N)CC1. The Hall–Kier alpha value is -1.08. The van der Waals surface area contributed by atoms with Crippen LogP contribution in [0.25, 0.3) is 0 Å². The maximum atomic E-state index is 11.3. The van der Waals surface area contributed by atoms with Crippen molar-refractivity contribution in [1.82, 2.24) is 10.6 Å². The summed E-state index contributed by atoms with van der Waals surface area (Å²) in [6.07, 6.45) is 2.82. The number of carbonyl (C=O) groups excluding carboxylic acids is 1. The topological polar surface area (TPSA) is 64.9 Å². The molecule has 15 heavy (non-hydrogen) atoms. The lowest BCUT2D eigenvalue weighted by atomic mass is 10.0. The van der Waals surface area contributed by atoms with Crippen LogP contribution in [0.5, 0.6) is 0 Å². The first-order chi connectivity index (χ1) is 7.08. The number of nitrogens with zero attached hydrogens (tertiary/aromatic N) is 1. The molecule has 0 saturated heterocycles. The Morgan fingerprint density at radius 3 is 2.67 bits per heavy atom. The fourth-order valence-corrected chi connectivity index (χ4v) is 1.57. The van der Waals surface area contributed by atoms with Crippen LogP contribution < -0.4 is 10.6 Å². The first-order valence-corrected chi connectivity index (χ1v) is 5.45. The molecule has 0 unspecified atom stereocenters. The first kappa shape index (κ1) is 12.0. The number of hydrogen-bond donors (Lipinski definition) is 2. The number of nitriles is 1. The van der Waals surface area contributed by atoms with Crippen molar-refractivity contribution in [3.05, 3.63) is 0 Å². The van der Waals surface area contributed by atoms with Gasteiger partial charge in [-0.3, -0.25) is 4.79 Å². The maximum absolute atomic E-state index is 11.3. The summed E-state index contributed by atoms with van der Waals surface area (Å²) in [5.74, 6) is 0.0257. The lowest BCUT2D eigenvalue weighted by molar-refractivity contribution is -0.120. The molecule has 0 atom stereocenters. The van der Waals surface area contributed by atoms with Crippen LogP contribution in [0.15, 0.2) is 0 Å². The van der Waals surface area contributed by atoms with Crippen LogP contribution in [0.2, 0.25) is 0 Å². The van der Waals surface area contributed by atoms with Crippen molar-refractivity contribution in [3.63, 3.8) is 0 Å². The lowest BCUT2D eigenvalue weighted by Gasteiger charge is -2.13. The van der Waals surface area contributed by atoms with Gasteiger partial charge in [-0.1, -0.05) is 0 Å². The third kappa shape index (κ3) is 4.30. The van der Waals surface area contributed by atoms with Gasteiger partial charge in [0.05, 0.1) is 12.6 Å². The molecule has 1 amide bonds. The van der Waals surface area contributed by atoms with Gasteiger partial charge in [-0.25, -0.2) is 0 Å². The molecule has 1 rings (SSSR count). The quantitative estimate of drug-likeness (QED) is 0.680. The van der Waals surface area contributed by atoms with E-state index < -0.39 is 0 Å². The van der Waals surface area contributed by atoms with Gasteiger partial charge in [-0.2, -0.15) is 5.26 Å². The molecular weight excluding hydrogens is 190 g/mol. The molecule has 1 fully saturated rings. The van der Waals surface area contributed by atoms with Crippen LogP contribution in [0.4, 0.5) is 0 Å². The van der Waals surface area contributed by atoms with Crippen molar-refractivity contribution in [2.45, 2.75) is 39.2 Å². The van der Waals surface area contributed by atoms with Crippen molar-refractivity contribution >= 4 is 5.91 Å². The number of carbonyl (C=O) groups is 1. The van der Waals surface area contributed by atoms with Gasteiger partial charge in [0, 0.05) is 19.0 Å². The standard InChI is InChI=1S/C11H19N3O/c1-9(2)14-10(15)7-13-8-11(3-4-11)5-6-12/h9,13H,3-5,7-8H2,1-2H3,(H,14,15). The number of nitrogens with one attached hydrogen (secondary N) is 2. The van der Waals surface area contributed by atoms with Crippen molar-refractivity contribution in [2.75, 3.05) is 13.1 Å². The predicted octanol–water partition coefficient (Wildman–Crippen LogP) is 0.794. The molecule has 4 nitrogen and oxygen atoms in total. The van der Waals surface area contributed by atoms with E-state index in [9.17, 15) is 4.79 Å². The van der Waals surface area contributed by atoms with Gasteiger partial charge in [-0.05, 0) is 32.1 Å². The summed E-state index contributed by atoms with van der Waals surface area (Å²) in [6, 6.07) is 2.39. The Morgan fingerprint density at radius 2 is 2.20 bits per heavy atom. The minimum Gasteiger partial charge on any atom is -0.353 e. The van der Waals surface area contributed by atoms with E-state index in [2.05, 4.69) is 16.7 Å². The first-order valence-electron chi connectivity index (χ1n) is 5.45. The number of rotatable bonds is 6. The Labute approximate surface area is 91.0 Å². The van der Waals surface area contributed by atoms with Gasteiger partial charge in [0.1, 0.15) is 0 Å². The highest BCUT2D eigenvalue weighted by molar-refractivity contribution is 5.78. The highest BCUT2D eigenvalue weighted by Crippen LogP contribution is 2.47. The van der Waals surface area contributed by atoms with Gasteiger partial charge >= 0.3 is 0 Å². The summed E-state index contributed by atoms with van der Waals surface area (Å²) in [4.78, 5) is 11.3. The summed E-state index contributed by atoms with van der Waals surface area (Å²) in [5.41, 5.74) is 0.173. The summed E-state index contributed by atoms with van der Waals surface area (Å²) in [6.45, 7) is 5.02. The Bertz CT molecular complexity index is 263. The van der Waals surface area contributed by atoms with Gasteiger partial charge in [0.15, 0.2) is 0 Å². The lowest BCUT2D eigenvalue weighted by Crippen LogP contribution is -2.39. The third-order valence-corrected chi connectivity index (χ3v) is 2.65. The van der Waals surface area contributed by atoms with Crippen molar-refractivity contribution in [1.29, 1.82) is 5.26 Å². The Kier molecular flexibility index (Phi) is 4.10. The molecule has 0 radical (unpaired) electrons. The average Bonchev–Trinajstić information content (AvgIpc) is 2.84. The van der Waals surface area contributed by atoms with Gasteiger partial charge in [-0.15, -0.1) is 0 Å². The second kappa shape index (κ2) is 5.13. The molecule has 0 aromatic heterocycles. The van der Waals surface area contributed by atoms with Crippen molar-refractivity contribution in [3.8, 4) is 6.07 Å². The molecule has 0 spiro atoms. The maximum Gasteiger partial charge on any atom is 0.234 e. The second-order valence-electron chi connectivity index (χ2n) is 4.66. The van der Waals surface area contributed by atoms with Crippen molar-refractivity contribution < 1.29 is 4.79 Å². The molecule has 1 saturated carbocycles. The summed E-state index contributed by atoms with van der Waals surface area (Å²) in [7, 11) is 0. The minimum atomic E-state index is 0.0257. The molecule has 84 valence electrons. The molecular formula is C11H19N3O. The fourth-order valence-electron chi connectivity index (χ4n) is 1.57. The normalized spacial score (nSPS) is 17.2. The number of hydrogen-bond acceptors (Lipinski definition) is 3. The predicted molar refractivity (Wildman–Crippen MR) is 58.0 cm³/mol. The average molecular weight is 209 g/mol. The zero-order valence-corrected chi connectivity index (χ0v) is 9.47. The Balaban J connectivity index is 2.11. The molecule has 0 aromatic carbocycles. The van der Waals surface area contributed by atoms with Crippen LogP contribution in [0.3, 0.4) is 0 Å². The Morgan fingerprint density at radius 1 is 1.53 bits per heavy atom. The molecule has 2 N–H and O–H groups in total. The second-order valence-corrected chi connectivity index (χ2v) is 4.66. The highest BCUT2D eigenvalue weighted by atomic mass is 16.1. The molecule has 0 aromatic rings. The van der Waals surface area contributed by atoms with Crippen molar-refractivity contribution in [2.24, 2.45) is 5.41 Å². The van der Waals surface area contributed by atoms with Crippen LogP contribution >= 0.6 is 0 Å². The highest BCUT2D eigenvalue weighted by Gasteiger charge is 2.41.